The van der Waals surface area contributed by atoms with Crippen LogP contribution in [0.4, 0.5) is 0 Å². The minimum atomic E-state index is -0.407. The normalized spacial score (nSPS) is 12.3. The maximum absolute atomic E-state index is 12.9. The van der Waals surface area contributed by atoms with Gasteiger partial charge in [0.25, 0.3) is 5.56 Å². The molecule has 1 aromatic carbocycles. The van der Waals surface area contributed by atoms with Crippen LogP contribution in [0.5, 0.6) is 0 Å². The van der Waals surface area contributed by atoms with Gasteiger partial charge in [-0.3, -0.25) is 14.2 Å². The summed E-state index contributed by atoms with van der Waals surface area (Å²) in [5, 5.41) is 0.793. The Bertz CT molecular complexity index is 773. The third kappa shape index (κ3) is 5.08. The molecule has 0 bridgehead atoms. The highest BCUT2D eigenvalue weighted by Crippen LogP contribution is 2.23. The van der Waals surface area contributed by atoms with Crippen LogP contribution in [0, 0.1) is 0 Å². The lowest BCUT2D eigenvalue weighted by Crippen LogP contribution is -2.25. The second kappa shape index (κ2) is 9.61. The number of carbonyl (C=O) groups excluding carboxylic acids is 1. The Labute approximate surface area is 152 Å². The first-order valence-corrected chi connectivity index (χ1v) is 9.79. The fourth-order valence-electron chi connectivity index (χ4n) is 2.60. The number of nitrogens with zero attached hydrogens (tertiary/aromatic N) is 2. The molecule has 2 rings (SSSR count). The van der Waals surface area contributed by atoms with Gasteiger partial charge >= 0.3 is 5.97 Å². The fraction of sp³-hybridized carbons (Fsp3) is 0.526. The fourth-order valence-corrected chi connectivity index (χ4v) is 3.53. The average molecular weight is 362 g/mol. The minimum absolute atomic E-state index is 0.0411. The topological polar surface area (TPSA) is 61.2 Å². The number of benzene rings is 1. The number of esters is 1. The van der Waals surface area contributed by atoms with Crippen LogP contribution in [-0.2, 0) is 16.1 Å². The standard InChI is InChI=1S/C19H26N2O3S/c1-4-6-7-10-13-21-17(22)15-11-8-9-12-16(15)20-19(21)25-14(3)18(23)24-5-2/h8-9,11-12,14H,4-7,10,13H2,1-3H3. The van der Waals surface area contributed by atoms with Crippen molar-refractivity contribution in [2.24, 2.45) is 0 Å². The Hall–Kier alpha value is -1.82. The second-order valence-electron chi connectivity index (χ2n) is 5.94. The molecule has 0 fully saturated rings. The molecule has 0 amide bonds. The van der Waals surface area contributed by atoms with Crippen molar-refractivity contribution in [3.05, 3.63) is 34.6 Å². The minimum Gasteiger partial charge on any atom is -0.465 e. The highest BCUT2D eigenvalue weighted by atomic mass is 32.2. The molecule has 6 heteroatoms. The van der Waals surface area contributed by atoms with Gasteiger partial charge in [-0.05, 0) is 32.4 Å². The van der Waals surface area contributed by atoms with Gasteiger partial charge in [0.2, 0.25) is 0 Å². The van der Waals surface area contributed by atoms with Crippen molar-refractivity contribution in [3.8, 4) is 0 Å². The number of carbonyl (C=O) groups is 1. The molecule has 2 aromatic rings. The van der Waals surface area contributed by atoms with Gasteiger partial charge < -0.3 is 4.74 Å². The average Bonchev–Trinajstić information content (AvgIpc) is 2.61. The number of para-hydroxylation sites is 1. The summed E-state index contributed by atoms with van der Waals surface area (Å²) in [6.07, 6.45) is 4.30. The molecule has 0 spiro atoms. The van der Waals surface area contributed by atoms with E-state index >= 15 is 0 Å². The monoisotopic (exact) mass is 362 g/mol. The molecule has 0 aliphatic carbocycles. The van der Waals surface area contributed by atoms with Crippen LogP contribution in [0.15, 0.2) is 34.2 Å². The maximum atomic E-state index is 12.9. The lowest BCUT2D eigenvalue weighted by atomic mass is 10.2. The molecule has 0 aliphatic rings. The van der Waals surface area contributed by atoms with E-state index in [0.717, 1.165) is 25.7 Å². The van der Waals surface area contributed by atoms with E-state index in [4.69, 9.17) is 4.74 Å². The Kier molecular flexibility index (Phi) is 7.50. The number of rotatable bonds is 9. The summed E-state index contributed by atoms with van der Waals surface area (Å²) >= 11 is 1.29. The number of hydrogen-bond acceptors (Lipinski definition) is 5. The quantitative estimate of drug-likeness (QED) is 0.292. The Morgan fingerprint density at radius 1 is 1.24 bits per heavy atom. The first kappa shape index (κ1) is 19.5. The van der Waals surface area contributed by atoms with Crippen molar-refractivity contribution in [1.29, 1.82) is 0 Å². The summed E-state index contributed by atoms with van der Waals surface area (Å²) in [6, 6.07) is 7.35. The third-order valence-corrected chi connectivity index (χ3v) is 5.03. The van der Waals surface area contributed by atoms with Gasteiger partial charge in [0.1, 0.15) is 5.25 Å². The van der Waals surface area contributed by atoms with Crippen molar-refractivity contribution >= 4 is 28.6 Å². The molecule has 1 aromatic heterocycles. The van der Waals surface area contributed by atoms with Gasteiger partial charge in [0.05, 0.1) is 17.5 Å². The van der Waals surface area contributed by atoms with Crippen molar-refractivity contribution in [1.82, 2.24) is 9.55 Å². The highest BCUT2D eigenvalue weighted by Gasteiger charge is 2.20. The number of thioether (sulfide) groups is 1. The van der Waals surface area contributed by atoms with Gasteiger partial charge in [-0.1, -0.05) is 50.1 Å². The van der Waals surface area contributed by atoms with Crippen LogP contribution < -0.4 is 5.56 Å². The lowest BCUT2D eigenvalue weighted by Gasteiger charge is -2.15. The number of hydrogen-bond donors (Lipinski definition) is 0. The zero-order valence-corrected chi connectivity index (χ0v) is 16.0. The zero-order chi connectivity index (χ0) is 18.2. The second-order valence-corrected chi connectivity index (χ2v) is 7.25. The Morgan fingerprint density at radius 3 is 2.72 bits per heavy atom. The molecular formula is C19H26N2O3S. The van der Waals surface area contributed by atoms with Crippen molar-refractivity contribution < 1.29 is 9.53 Å². The van der Waals surface area contributed by atoms with Crippen molar-refractivity contribution in [3.63, 3.8) is 0 Å². The van der Waals surface area contributed by atoms with Crippen LogP contribution in [0.25, 0.3) is 10.9 Å². The summed E-state index contributed by atoms with van der Waals surface area (Å²) in [4.78, 5) is 29.5. The molecule has 1 heterocycles. The molecule has 0 aliphatic heterocycles. The maximum Gasteiger partial charge on any atom is 0.319 e. The molecule has 1 atom stereocenters. The predicted molar refractivity (Wildman–Crippen MR) is 102 cm³/mol. The summed E-state index contributed by atoms with van der Waals surface area (Å²) in [7, 11) is 0. The smallest absolute Gasteiger partial charge is 0.319 e. The van der Waals surface area contributed by atoms with E-state index in [1.165, 1.54) is 11.8 Å². The van der Waals surface area contributed by atoms with Gasteiger partial charge in [-0.25, -0.2) is 4.98 Å². The summed E-state index contributed by atoms with van der Waals surface area (Å²) in [6.45, 7) is 6.69. The van der Waals surface area contributed by atoms with Gasteiger partial charge in [-0.15, -0.1) is 0 Å². The molecular weight excluding hydrogens is 336 g/mol. The first-order valence-electron chi connectivity index (χ1n) is 8.91. The van der Waals surface area contributed by atoms with Gasteiger partial charge in [-0.2, -0.15) is 0 Å². The van der Waals surface area contributed by atoms with E-state index in [-0.39, 0.29) is 11.5 Å². The number of ether oxygens (including phenoxy) is 1. The van der Waals surface area contributed by atoms with E-state index in [1.807, 2.05) is 18.2 Å². The lowest BCUT2D eigenvalue weighted by molar-refractivity contribution is -0.142. The van der Waals surface area contributed by atoms with Gasteiger partial charge in [0.15, 0.2) is 5.16 Å². The Balaban J connectivity index is 2.34. The van der Waals surface area contributed by atoms with Crippen molar-refractivity contribution in [2.45, 2.75) is 63.4 Å². The predicted octanol–water partition coefficient (Wildman–Crippen LogP) is 4.02. The molecule has 5 nitrogen and oxygen atoms in total. The van der Waals surface area contributed by atoms with E-state index in [9.17, 15) is 9.59 Å². The summed E-state index contributed by atoms with van der Waals surface area (Å²) < 4.78 is 6.78. The molecule has 0 saturated heterocycles. The molecule has 0 N–H and O–H groups in total. The van der Waals surface area contributed by atoms with Crippen LogP contribution in [0.2, 0.25) is 0 Å². The first-order chi connectivity index (χ1) is 12.1. The zero-order valence-electron chi connectivity index (χ0n) is 15.2. The summed E-state index contributed by atoms with van der Waals surface area (Å²) in [5.74, 6) is -0.285. The molecule has 1 unspecified atom stereocenters. The van der Waals surface area contributed by atoms with Gasteiger partial charge in [0, 0.05) is 6.54 Å². The van der Waals surface area contributed by atoms with Crippen LogP contribution in [0.1, 0.15) is 46.5 Å². The number of aromatic nitrogens is 2. The molecule has 136 valence electrons. The van der Waals surface area contributed by atoms with E-state index in [1.54, 1.807) is 24.5 Å². The largest absolute Gasteiger partial charge is 0.465 e. The van der Waals surface area contributed by atoms with E-state index in [0.29, 0.717) is 29.2 Å². The number of fused-ring (bicyclic) bond motifs is 1. The van der Waals surface area contributed by atoms with Crippen molar-refractivity contribution in [2.75, 3.05) is 6.61 Å². The molecule has 25 heavy (non-hydrogen) atoms. The van der Waals surface area contributed by atoms with E-state index in [2.05, 4.69) is 11.9 Å². The summed E-state index contributed by atoms with van der Waals surface area (Å²) in [5.41, 5.74) is 0.622. The molecule has 0 saturated carbocycles. The van der Waals surface area contributed by atoms with E-state index < -0.39 is 5.25 Å². The van der Waals surface area contributed by atoms with Crippen LogP contribution in [-0.4, -0.2) is 27.4 Å². The number of unbranched alkanes of at least 4 members (excludes halogenated alkanes) is 3. The SMILES string of the molecule is CCCCCCn1c(SC(C)C(=O)OCC)nc2ccccc2c1=O. The van der Waals surface area contributed by atoms with Crippen LogP contribution in [0.3, 0.4) is 0 Å². The third-order valence-electron chi connectivity index (χ3n) is 3.96. The van der Waals surface area contributed by atoms with Crippen LogP contribution >= 0.6 is 11.8 Å². The Morgan fingerprint density at radius 2 is 2.00 bits per heavy atom. The molecule has 0 radical (unpaired) electrons. The highest BCUT2D eigenvalue weighted by molar-refractivity contribution is 8.00.